The van der Waals surface area contributed by atoms with E-state index in [0.29, 0.717) is 6.54 Å². The number of anilines is 1. The average molecular weight is 222 g/mol. The Balaban J connectivity index is 2.86. The predicted octanol–water partition coefficient (Wildman–Crippen LogP) is 1.87. The topological polar surface area (TPSA) is 55.0 Å². The smallest absolute Gasteiger partial charge is 0.225 e. The summed E-state index contributed by atoms with van der Waals surface area (Å²) in [5, 5.41) is 0. The lowest BCUT2D eigenvalue weighted by molar-refractivity contribution is 0.708. The van der Waals surface area contributed by atoms with E-state index in [0.717, 1.165) is 30.4 Å². The van der Waals surface area contributed by atoms with E-state index in [4.69, 9.17) is 5.73 Å². The van der Waals surface area contributed by atoms with E-state index in [9.17, 15) is 0 Å². The van der Waals surface area contributed by atoms with Crippen molar-refractivity contribution in [2.24, 2.45) is 5.73 Å². The fourth-order valence-corrected chi connectivity index (χ4v) is 1.61. The van der Waals surface area contributed by atoms with Gasteiger partial charge in [0.1, 0.15) is 0 Å². The van der Waals surface area contributed by atoms with Crippen LogP contribution in [0.15, 0.2) is 6.07 Å². The molecule has 1 aromatic heterocycles. The van der Waals surface area contributed by atoms with Crippen LogP contribution in [0.25, 0.3) is 0 Å². The molecule has 1 rings (SSSR count). The lowest BCUT2D eigenvalue weighted by Gasteiger charge is -2.21. The van der Waals surface area contributed by atoms with Crippen molar-refractivity contribution in [3.63, 3.8) is 0 Å². The van der Waals surface area contributed by atoms with Gasteiger partial charge in [-0.1, -0.05) is 13.3 Å². The molecule has 0 aliphatic heterocycles. The number of hydrogen-bond acceptors (Lipinski definition) is 4. The lowest BCUT2D eigenvalue weighted by Crippen LogP contribution is -2.26. The molecule has 0 bridgehead atoms. The second-order valence-electron chi connectivity index (χ2n) is 3.94. The Bertz CT molecular complexity index is 325. The highest BCUT2D eigenvalue weighted by atomic mass is 15.2. The Hall–Kier alpha value is -1.16. The maximum atomic E-state index is 5.62. The second-order valence-corrected chi connectivity index (χ2v) is 3.94. The van der Waals surface area contributed by atoms with Crippen LogP contribution >= 0.6 is 0 Å². The Labute approximate surface area is 97.9 Å². The molecule has 16 heavy (non-hydrogen) atoms. The van der Waals surface area contributed by atoms with E-state index in [1.807, 2.05) is 13.0 Å². The minimum Gasteiger partial charge on any atom is -0.341 e. The molecular weight excluding hydrogens is 200 g/mol. The largest absolute Gasteiger partial charge is 0.341 e. The molecule has 0 atom stereocenters. The van der Waals surface area contributed by atoms with Crippen molar-refractivity contribution >= 4 is 5.95 Å². The second kappa shape index (κ2) is 6.43. The molecule has 0 spiro atoms. The Morgan fingerprint density at radius 3 is 2.62 bits per heavy atom. The van der Waals surface area contributed by atoms with Crippen LogP contribution in [0.3, 0.4) is 0 Å². The molecule has 4 nitrogen and oxygen atoms in total. The summed E-state index contributed by atoms with van der Waals surface area (Å²) in [6.07, 6.45) is 2.36. The van der Waals surface area contributed by atoms with Gasteiger partial charge in [0.15, 0.2) is 0 Å². The van der Waals surface area contributed by atoms with Crippen LogP contribution in [0.1, 0.15) is 38.1 Å². The van der Waals surface area contributed by atoms with E-state index < -0.39 is 0 Å². The van der Waals surface area contributed by atoms with Crippen molar-refractivity contribution in [1.82, 2.24) is 9.97 Å². The number of nitrogens with zero attached hydrogens (tertiary/aromatic N) is 3. The van der Waals surface area contributed by atoms with E-state index in [2.05, 4.69) is 28.7 Å². The molecule has 1 aromatic rings. The van der Waals surface area contributed by atoms with Crippen LogP contribution in [-0.2, 0) is 6.54 Å². The van der Waals surface area contributed by atoms with Crippen molar-refractivity contribution < 1.29 is 0 Å². The molecule has 1 heterocycles. The van der Waals surface area contributed by atoms with Crippen LogP contribution in [-0.4, -0.2) is 23.1 Å². The molecule has 0 amide bonds. The van der Waals surface area contributed by atoms with Gasteiger partial charge in [-0.25, -0.2) is 9.97 Å². The first-order valence-corrected chi connectivity index (χ1v) is 6.00. The third-order valence-corrected chi connectivity index (χ3v) is 2.55. The van der Waals surface area contributed by atoms with E-state index >= 15 is 0 Å². The van der Waals surface area contributed by atoms with Gasteiger partial charge in [0.2, 0.25) is 5.95 Å². The molecule has 0 saturated carbocycles. The number of rotatable bonds is 6. The molecule has 0 radical (unpaired) electrons. The Morgan fingerprint density at radius 1 is 1.31 bits per heavy atom. The normalized spacial score (nSPS) is 10.5. The van der Waals surface area contributed by atoms with Gasteiger partial charge in [-0.15, -0.1) is 0 Å². The number of hydrogen-bond donors (Lipinski definition) is 1. The standard InChI is InChI=1S/C12H22N4/c1-4-6-7-16(5-2)12-14-10(3)8-11(9-13)15-12/h8H,4-7,9,13H2,1-3H3. The number of unbranched alkanes of at least 4 members (excludes halogenated alkanes) is 1. The highest BCUT2D eigenvalue weighted by Crippen LogP contribution is 2.10. The minimum absolute atomic E-state index is 0.474. The van der Waals surface area contributed by atoms with Crippen molar-refractivity contribution in [1.29, 1.82) is 0 Å². The Morgan fingerprint density at radius 2 is 2.06 bits per heavy atom. The van der Waals surface area contributed by atoms with Crippen LogP contribution in [0, 0.1) is 6.92 Å². The van der Waals surface area contributed by atoms with Crippen molar-refractivity contribution in [3.05, 3.63) is 17.5 Å². The molecule has 0 aliphatic rings. The number of aromatic nitrogens is 2. The molecular formula is C12H22N4. The summed E-state index contributed by atoms with van der Waals surface area (Å²) >= 11 is 0. The van der Waals surface area contributed by atoms with E-state index in [1.54, 1.807) is 0 Å². The predicted molar refractivity (Wildman–Crippen MR) is 67.5 cm³/mol. The van der Waals surface area contributed by atoms with Crippen molar-refractivity contribution in [2.75, 3.05) is 18.0 Å². The summed E-state index contributed by atoms with van der Waals surface area (Å²) in [5.74, 6) is 0.816. The number of aryl methyl sites for hydroxylation is 1. The van der Waals surface area contributed by atoms with Crippen LogP contribution in [0.4, 0.5) is 5.95 Å². The minimum atomic E-state index is 0.474. The third-order valence-electron chi connectivity index (χ3n) is 2.55. The fourth-order valence-electron chi connectivity index (χ4n) is 1.61. The quantitative estimate of drug-likeness (QED) is 0.798. The SMILES string of the molecule is CCCCN(CC)c1nc(C)cc(CN)n1. The molecule has 0 aliphatic carbocycles. The van der Waals surface area contributed by atoms with Crippen LogP contribution in [0.5, 0.6) is 0 Å². The van der Waals surface area contributed by atoms with Crippen LogP contribution in [0.2, 0.25) is 0 Å². The maximum Gasteiger partial charge on any atom is 0.225 e. The fraction of sp³-hybridized carbons (Fsp3) is 0.667. The zero-order valence-corrected chi connectivity index (χ0v) is 10.5. The van der Waals surface area contributed by atoms with E-state index in [1.165, 1.54) is 12.8 Å². The third kappa shape index (κ3) is 3.45. The summed E-state index contributed by atoms with van der Waals surface area (Å²) < 4.78 is 0. The van der Waals surface area contributed by atoms with Gasteiger partial charge in [-0.3, -0.25) is 0 Å². The highest BCUT2D eigenvalue weighted by Gasteiger charge is 2.08. The summed E-state index contributed by atoms with van der Waals surface area (Å²) in [7, 11) is 0. The average Bonchev–Trinajstić information content (AvgIpc) is 2.29. The van der Waals surface area contributed by atoms with Gasteiger partial charge in [0.05, 0.1) is 5.69 Å². The first kappa shape index (κ1) is 12.9. The first-order valence-electron chi connectivity index (χ1n) is 6.00. The summed E-state index contributed by atoms with van der Waals surface area (Å²) in [6, 6.07) is 1.94. The molecule has 0 saturated heterocycles. The van der Waals surface area contributed by atoms with Gasteiger partial charge in [-0.05, 0) is 26.3 Å². The molecule has 0 fully saturated rings. The van der Waals surface area contributed by atoms with Gasteiger partial charge in [0, 0.05) is 25.3 Å². The maximum absolute atomic E-state index is 5.62. The van der Waals surface area contributed by atoms with E-state index in [-0.39, 0.29) is 0 Å². The molecule has 0 aromatic carbocycles. The zero-order chi connectivity index (χ0) is 12.0. The lowest BCUT2D eigenvalue weighted by atomic mass is 10.3. The molecule has 0 unspecified atom stereocenters. The highest BCUT2D eigenvalue weighted by molar-refractivity contribution is 5.32. The summed E-state index contributed by atoms with van der Waals surface area (Å²) in [5.41, 5.74) is 7.52. The van der Waals surface area contributed by atoms with Gasteiger partial charge in [0.25, 0.3) is 0 Å². The first-order chi connectivity index (χ1) is 7.71. The van der Waals surface area contributed by atoms with Crippen molar-refractivity contribution in [3.8, 4) is 0 Å². The monoisotopic (exact) mass is 222 g/mol. The Kier molecular flexibility index (Phi) is 5.19. The molecule has 2 N–H and O–H groups in total. The molecule has 90 valence electrons. The summed E-state index contributed by atoms with van der Waals surface area (Å²) in [6.45, 7) is 8.73. The summed E-state index contributed by atoms with van der Waals surface area (Å²) in [4.78, 5) is 11.1. The van der Waals surface area contributed by atoms with Crippen LogP contribution < -0.4 is 10.6 Å². The molecule has 4 heteroatoms. The number of nitrogens with two attached hydrogens (primary N) is 1. The van der Waals surface area contributed by atoms with Gasteiger partial charge in [-0.2, -0.15) is 0 Å². The zero-order valence-electron chi connectivity index (χ0n) is 10.5. The van der Waals surface area contributed by atoms with Gasteiger partial charge < -0.3 is 10.6 Å². The van der Waals surface area contributed by atoms with Gasteiger partial charge >= 0.3 is 0 Å². The van der Waals surface area contributed by atoms with Crippen molar-refractivity contribution in [2.45, 2.75) is 40.2 Å².